The minimum atomic E-state index is -0.399. The number of hydrogen-bond acceptors (Lipinski definition) is 6. The maximum Gasteiger partial charge on any atom is 0.350 e. The lowest BCUT2D eigenvalue weighted by Gasteiger charge is -2.02. The van der Waals surface area contributed by atoms with Crippen LogP contribution in [0.4, 0.5) is 10.7 Å². The van der Waals surface area contributed by atoms with Crippen LogP contribution in [0.3, 0.4) is 0 Å². The van der Waals surface area contributed by atoms with Gasteiger partial charge in [0, 0.05) is 6.54 Å². The van der Waals surface area contributed by atoms with E-state index < -0.39 is 5.97 Å². The van der Waals surface area contributed by atoms with Gasteiger partial charge in [-0.2, -0.15) is 0 Å². The lowest BCUT2D eigenvalue weighted by Crippen LogP contribution is -2.01. The molecule has 0 aliphatic carbocycles. The van der Waals surface area contributed by atoms with Crippen molar-refractivity contribution in [3.05, 3.63) is 17.5 Å². The lowest BCUT2D eigenvalue weighted by atomic mass is 10.4. The van der Waals surface area contributed by atoms with Crippen LogP contribution in [0.2, 0.25) is 0 Å². The number of carbonyl (C=O) groups excluding carboxylic acids is 1. The molecule has 88 valence electrons. The number of nitrogens with two attached hydrogens (primary N) is 1. The second kappa shape index (κ2) is 5.81. The molecule has 0 aliphatic rings. The zero-order valence-electron chi connectivity index (χ0n) is 9.20. The number of thioether (sulfide) groups is 1. The van der Waals surface area contributed by atoms with Gasteiger partial charge >= 0.3 is 5.97 Å². The van der Waals surface area contributed by atoms with Crippen molar-refractivity contribution in [1.82, 2.24) is 0 Å². The van der Waals surface area contributed by atoms with Crippen LogP contribution in [0, 0.1) is 0 Å². The summed E-state index contributed by atoms with van der Waals surface area (Å²) in [6.45, 7) is 4.26. The Morgan fingerprint density at radius 3 is 2.94 bits per heavy atom. The van der Waals surface area contributed by atoms with Crippen molar-refractivity contribution in [2.24, 2.45) is 0 Å². The van der Waals surface area contributed by atoms with Crippen molar-refractivity contribution in [3.8, 4) is 0 Å². The maximum absolute atomic E-state index is 11.4. The normalized spacial score (nSPS) is 9.88. The van der Waals surface area contributed by atoms with Crippen LogP contribution in [-0.4, -0.2) is 25.9 Å². The summed E-state index contributed by atoms with van der Waals surface area (Å²) in [6.07, 6.45) is 3.66. The van der Waals surface area contributed by atoms with Crippen LogP contribution in [-0.2, 0) is 4.74 Å². The number of methoxy groups -OCH3 is 1. The van der Waals surface area contributed by atoms with Crippen LogP contribution in [0.1, 0.15) is 9.67 Å². The van der Waals surface area contributed by atoms with E-state index >= 15 is 0 Å². The molecule has 0 saturated heterocycles. The number of rotatable bonds is 5. The van der Waals surface area contributed by atoms with E-state index in [9.17, 15) is 4.79 Å². The molecule has 6 heteroatoms. The number of thiophene rings is 1. The first kappa shape index (κ1) is 12.9. The molecular weight excluding hydrogens is 244 g/mol. The van der Waals surface area contributed by atoms with Gasteiger partial charge in [-0.3, -0.25) is 0 Å². The fraction of sp³-hybridized carbons (Fsp3) is 0.300. The number of carbonyl (C=O) groups is 1. The summed E-state index contributed by atoms with van der Waals surface area (Å²) in [7, 11) is 1.34. The molecule has 1 heterocycles. The Bertz CT molecular complexity index is 402. The predicted molar refractivity (Wildman–Crippen MR) is 70.5 cm³/mol. The topological polar surface area (TPSA) is 64.3 Å². The second-order valence-electron chi connectivity index (χ2n) is 2.87. The van der Waals surface area contributed by atoms with Gasteiger partial charge in [0.25, 0.3) is 0 Å². The van der Waals surface area contributed by atoms with E-state index in [1.54, 1.807) is 6.08 Å². The van der Waals surface area contributed by atoms with Gasteiger partial charge < -0.3 is 15.8 Å². The third-order valence-corrected chi connectivity index (χ3v) is 3.99. The van der Waals surface area contributed by atoms with E-state index in [2.05, 4.69) is 16.6 Å². The second-order valence-corrected chi connectivity index (χ2v) is 4.71. The zero-order valence-corrected chi connectivity index (χ0v) is 10.8. The molecule has 0 saturated carbocycles. The molecule has 0 bridgehead atoms. The first-order valence-corrected chi connectivity index (χ1v) is 6.59. The Labute approximate surface area is 103 Å². The molecule has 0 radical (unpaired) electrons. The molecule has 1 aromatic heterocycles. The maximum atomic E-state index is 11.4. The standard InChI is InChI=1S/C10H14N2O2S2/c1-4-5-12-9-7(15-3)6(11)8(16-9)10(13)14-2/h4,12H,1,5,11H2,2-3H3. The Morgan fingerprint density at radius 2 is 2.44 bits per heavy atom. The van der Waals surface area contributed by atoms with Gasteiger partial charge in [0.15, 0.2) is 0 Å². The highest BCUT2D eigenvalue weighted by Crippen LogP contribution is 2.41. The van der Waals surface area contributed by atoms with Gasteiger partial charge in [0.2, 0.25) is 0 Å². The quantitative estimate of drug-likeness (QED) is 0.482. The predicted octanol–water partition coefficient (Wildman–Crippen LogP) is 2.44. The average molecular weight is 258 g/mol. The molecule has 0 atom stereocenters. The Morgan fingerprint density at radius 1 is 1.75 bits per heavy atom. The Balaban J connectivity index is 3.08. The van der Waals surface area contributed by atoms with Crippen molar-refractivity contribution < 1.29 is 9.53 Å². The smallest absolute Gasteiger partial charge is 0.350 e. The molecule has 0 unspecified atom stereocenters. The van der Waals surface area contributed by atoms with Crippen molar-refractivity contribution in [2.75, 3.05) is 31.0 Å². The molecule has 0 fully saturated rings. The van der Waals surface area contributed by atoms with E-state index in [1.807, 2.05) is 6.26 Å². The van der Waals surface area contributed by atoms with Crippen molar-refractivity contribution in [2.45, 2.75) is 4.90 Å². The van der Waals surface area contributed by atoms with E-state index in [1.165, 1.54) is 30.2 Å². The molecule has 1 aromatic rings. The summed E-state index contributed by atoms with van der Waals surface area (Å²) in [5.74, 6) is -0.399. The van der Waals surface area contributed by atoms with Gasteiger partial charge in [0.1, 0.15) is 9.88 Å². The molecule has 1 rings (SSSR count). The number of nitrogens with one attached hydrogen (secondary N) is 1. The van der Waals surface area contributed by atoms with Crippen LogP contribution >= 0.6 is 23.1 Å². The van der Waals surface area contributed by atoms with Crippen molar-refractivity contribution in [1.29, 1.82) is 0 Å². The summed E-state index contributed by atoms with van der Waals surface area (Å²) in [5.41, 5.74) is 6.37. The molecule has 4 nitrogen and oxygen atoms in total. The largest absolute Gasteiger partial charge is 0.465 e. The minimum Gasteiger partial charge on any atom is -0.465 e. The van der Waals surface area contributed by atoms with Gasteiger partial charge in [0.05, 0.1) is 17.7 Å². The minimum absolute atomic E-state index is 0.399. The third kappa shape index (κ3) is 2.51. The lowest BCUT2D eigenvalue weighted by molar-refractivity contribution is 0.0607. The fourth-order valence-electron chi connectivity index (χ4n) is 1.16. The van der Waals surface area contributed by atoms with Crippen LogP contribution in [0.25, 0.3) is 0 Å². The number of esters is 1. The van der Waals surface area contributed by atoms with Gasteiger partial charge in [-0.25, -0.2) is 4.79 Å². The first-order chi connectivity index (χ1) is 7.65. The van der Waals surface area contributed by atoms with Gasteiger partial charge in [-0.15, -0.1) is 29.7 Å². The zero-order chi connectivity index (χ0) is 12.1. The van der Waals surface area contributed by atoms with E-state index in [-0.39, 0.29) is 0 Å². The van der Waals surface area contributed by atoms with E-state index in [0.717, 1.165) is 9.90 Å². The fourth-order valence-corrected chi connectivity index (χ4v) is 3.12. The van der Waals surface area contributed by atoms with Gasteiger partial charge in [-0.1, -0.05) is 6.08 Å². The Kier molecular flexibility index (Phi) is 4.70. The highest BCUT2D eigenvalue weighted by molar-refractivity contribution is 7.99. The third-order valence-electron chi connectivity index (χ3n) is 1.88. The molecule has 0 aliphatic heterocycles. The Hall–Kier alpha value is -1.14. The molecular formula is C10H14N2O2S2. The van der Waals surface area contributed by atoms with Crippen LogP contribution < -0.4 is 11.1 Å². The summed E-state index contributed by atoms with van der Waals surface area (Å²) in [6, 6.07) is 0. The van der Waals surface area contributed by atoms with E-state index in [0.29, 0.717) is 17.1 Å². The number of ether oxygens (including phenoxy) is 1. The van der Waals surface area contributed by atoms with Crippen LogP contribution in [0.15, 0.2) is 17.6 Å². The highest BCUT2D eigenvalue weighted by atomic mass is 32.2. The molecule has 3 N–H and O–H groups in total. The molecule has 0 spiro atoms. The number of anilines is 2. The summed E-state index contributed by atoms with van der Waals surface area (Å²) >= 11 is 2.81. The number of hydrogen-bond donors (Lipinski definition) is 2. The van der Waals surface area contributed by atoms with Crippen molar-refractivity contribution in [3.63, 3.8) is 0 Å². The van der Waals surface area contributed by atoms with Crippen molar-refractivity contribution >= 4 is 39.8 Å². The molecule has 0 aromatic carbocycles. The average Bonchev–Trinajstić information content (AvgIpc) is 2.62. The number of nitrogen functional groups attached to an aromatic ring is 1. The summed E-state index contributed by atoms with van der Waals surface area (Å²) in [5, 5.41) is 4.03. The van der Waals surface area contributed by atoms with E-state index in [4.69, 9.17) is 5.73 Å². The highest BCUT2D eigenvalue weighted by Gasteiger charge is 2.20. The molecule has 16 heavy (non-hydrogen) atoms. The summed E-state index contributed by atoms with van der Waals surface area (Å²) in [4.78, 5) is 12.8. The first-order valence-electron chi connectivity index (χ1n) is 4.55. The molecule has 0 amide bonds. The SMILES string of the molecule is C=CCNc1sc(C(=O)OC)c(N)c1SC. The van der Waals surface area contributed by atoms with Gasteiger partial charge in [-0.05, 0) is 6.26 Å². The van der Waals surface area contributed by atoms with Crippen LogP contribution in [0.5, 0.6) is 0 Å². The monoisotopic (exact) mass is 258 g/mol. The summed E-state index contributed by atoms with van der Waals surface area (Å²) < 4.78 is 4.67.